The van der Waals surface area contributed by atoms with Crippen LogP contribution in [0.25, 0.3) is 0 Å². The van der Waals surface area contributed by atoms with Gasteiger partial charge in [-0.3, -0.25) is 4.90 Å². The van der Waals surface area contributed by atoms with E-state index in [1.165, 1.54) is 0 Å². The van der Waals surface area contributed by atoms with Crippen LogP contribution in [0.4, 0.5) is 9.18 Å². The maximum absolute atomic E-state index is 15.7. The Balaban J connectivity index is 1.48. The number of nitrogens with zero attached hydrogens (tertiary/aromatic N) is 1. The number of alkyl halides is 1. The lowest BCUT2D eigenvalue weighted by Crippen LogP contribution is -2.46. The Bertz CT molecular complexity index is 1070. The molecule has 0 radical (unpaired) electrons. The van der Waals surface area contributed by atoms with Gasteiger partial charge in [-0.2, -0.15) is 0 Å². The molecule has 3 aromatic rings. The number of aldehydes is 1. The standard InChI is InChI=1S/C28H28FNO5/c29-26-25(20-33-17-21-10-4-1-5-11-21)30(28(32)35-19-23-14-8-3-9-15-23)24(16-31)27(26)34-18-22-12-6-2-7-13-22/h1-16,24-27H,17-20H2/t24-,25-,26-,27-/m0/s1. The average molecular weight is 478 g/mol. The highest BCUT2D eigenvalue weighted by Crippen LogP contribution is 2.31. The minimum absolute atomic E-state index is 0.00579. The van der Waals surface area contributed by atoms with Gasteiger partial charge in [0.15, 0.2) is 6.17 Å². The van der Waals surface area contributed by atoms with E-state index < -0.39 is 30.5 Å². The second kappa shape index (κ2) is 12.2. The van der Waals surface area contributed by atoms with Gasteiger partial charge in [-0.25, -0.2) is 9.18 Å². The van der Waals surface area contributed by atoms with Crippen LogP contribution in [0.3, 0.4) is 0 Å². The Hall–Kier alpha value is -3.55. The molecule has 0 aromatic heterocycles. The summed E-state index contributed by atoms with van der Waals surface area (Å²) in [5.41, 5.74) is 2.54. The first-order chi connectivity index (χ1) is 17.2. The summed E-state index contributed by atoms with van der Waals surface area (Å²) in [6.45, 7) is 0.261. The van der Waals surface area contributed by atoms with Crippen LogP contribution in [0.1, 0.15) is 16.7 Å². The van der Waals surface area contributed by atoms with Gasteiger partial charge in [0.2, 0.25) is 0 Å². The summed E-state index contributed by atoms with van der Waals surface area (Å²) in [5.74, 6) is 0. The summed E-state index contributed by atoms with van der Waals surface area (Å²) in [4.78, 5) is 26.3. The topological polar surface area (TPSA) is 65.1 Å². The average Bonchev–Trinajstić information content (AvgIpc) is 3.18. The van der Waals surface area contributed by atoms with Crippen LogP contribution in [0, 0.1) is 0 Å². The fourth-order valence-corrected chi connectivity index (χ4v) is 4.14. The van der Waals surface area contributed by atoms with Gasteiger partial charge in [0.1, 0.15) is 25.0 Å². The molecule has 4 rings (SSSR count). The molecule has 1 amide bonds. The van der Waals surface area contributed by atoms with Crippen molar-refractivity contribution in [3.05, 3.63) is 108 Å². The number of rotatable bonds is 10. The SMILES string of the molecule is O=C[C@H]1[C@H](OCc2ccccc2)[C@@H](F)[C@H](COCc2ccccc2)N1C(=O)OCc1ccccc1. The summed E-state index contributed by atoms with van der Waals surface area (Å²) in [6, 6.07) is 25.7. The Morgan fingerprint density at radius 1 is 0.800 bits per heavy atom. The maximum atomic E-state index is 15.7. The van der Waals surface area contributed by atoms with Crippen LogP contribution in [0.5, 0.6) is 0 Å². The van der Waals surface area contributed by atoms with Gasteiger partial charge >= 0.3 is 6.09 Å². The Morgan fingerprint density at radius 2 is 1.31 bits per heavy atom. The van der Waals surface area contributed by atoms with Crippen molar-refractivity contribution < 1.29 is 28.2 Å². The van der Waals surface area contributed by atoms with Crippen LogP contribution >= 0.6 is 0 Å². The highest BCUT2D eigenvalue weighted by molar-refractivity contribution is 5.75. The lowest BCUT2D eigenvalue weighted by Gasteiger charge is -2.27. The van der Waals surface area contributed by atoms with Crippen molar-refractivity contribution in [2.24, 2.45) is 0 Å². The second-order valence-corrected chi connectivity index (χ2v) is 8.35. The lowest BCUT2D eigenvalue weighted by atomic mass is 10.1. The third kappa shape index (κ3) is 6.32. The molecule has 0 N–H and O–H groups in total. The van der Waals surface area contributed by atoms with E-state index in [4.69, 9.17) is 14.2 Å². The molecule has 7 heteroatoms. The number of benzene rings is 3. The van der Waals surface area contributed by atoms with E-state index in [1.54, 1.807) is 0 Å². The first-order valence-corrected chi connectivity index (χ1v) is 11.5. The number of halogens is 1. The molecule has 1 fully saturated rings. The number of ether oxygens (including phenoxy) is 3. The summed E-state index contributed by atoms with van der Waals surface area (Å²) in [6.07, 6.45) is -3.01. The van der Waals surface area contributed by atoms with Crippen molar-refractivity contribution in [1.82, 2.24) is 4.90 Å². The number of hydrogen-bond acceptors (Lipinski definition) is 5. The molecule has 0 bridgehead atoms. The first kappa shape index (κ1) is 24.6. The largest absolute Gasteiger partial charge is 0.445 e. The molecule has 182 valence electrons. The predicted molar refractivity (Wildman–Crippen MR) is 128 cm³/mol. The Morgan fingerprint density at radius 3 is 1.86 bits per heavy atom. The van der Waals surface area contributed by atoms with Gasteiger partial charge < -0.3 is 19.0 Å². The molecule has 0 saturated carbocycles. The number of amides is 1. The monoisotopic (exact) mass is 477 g/mol. The minimum Gasteiger partial charge on any atom is -0.445 e. The van der Waals surface area contributed by atoms with E-state index in [0.29, 0.717) is 6.29 Å². The fourth-order valence-electron chi connectivity index (χ4n) is 4.14. The van der Waals surface area contributed by atoms with Gasteiger partial charge in [0, 0.05) is 0 Å². The molecule has 1 saturated heterocycles. The Kier molecular flexibility index (Phi) is 8.59. The van der Waals surface area contributed by atoms with Crippen molar-refractivity contribution in [2.75, 3.05) is 6.61 Å². The van der Waals surface area contributed by atoms with Crippen molar-refractivity contribution in [3.63, 3.8) is 0 Å². The van der Waals surface area contributed by atoms with E-state index >= 15 is 4.39 Å². The van der Waals surface area contributed by atoms with Crippen molar-refractivity contribution in [3.8, 4) is 0 Å². The molecular formula is C28H28FNO5. The van der Waals surface area contributed by atoms with Crippen LogP contribution in [0.15, 0.2) is 91.0 Å². The zero-order valence-corrected chi connectivity index (χ0v) is 19.2. The normalized spacial score (nSPS) is 21.6. The van der Waals surface area contributed by atoms with E-state index in [2.05, 4.69) is 0 Å². The van der Waals surface area contributed by atoms with Crippen molar-refractivity contribution >= 4 is 12.4 Å². The molecule has 35 heavy (non-hydrogen) atoms. The zero-order chi connectivity index (χ0) is 24.5. The fraction of sp³-hybridized carbons (Fsp3) is 0.286. The molecule has 3 aromatic carbocycles. The van der Waals surface area contributed by atoms with Gasteiger partial charge in [-0.1, -0.05) is 91.0 Å². The third-order valence-corrected chi connectivity index (χ3v) is 5.94. The van der Waals surface area contributed by atoms with E-state index in [-0.39, 0.29) is 26.4 Å². The number of carbonyl (C=O) groups excluding carboxylic acids is 2. The van der Waals surface area contributed by atoms with Crippen LogP contribution in [0.2, 0.25) is 0 Å². The van der Waals surface area contributed by atoms with E-state index in [1.807, 2.05) is 91.0 Å². The molecule has 6 nitrogen and oxygen atoms in total. The minimum atomic E-state index is -1.63. The first-order valence-electron chi connectivity index (χ1n) is 11.5. The van der Waals surface area contributed by atoms with Crippen molar-refractivity contribution in [1.29, 1.82) is 0 Å². The maximum Gasteiger partial charge on any atom is 0.411 e. The van der Waals surface area contributed by atoms with Gasteiger partial charge in [0.25, 0.3) is 0 Å². The molecule has 1 aliphatic heterocycles. The number of carbonyl (C=O) groups is 2. The zero-order valence-electron chi connectivity index (χ0n) is 19.2. The third-order valence-electron chi connectivity index (χ3n) is 5.94. The van der Waals surface area contributed by atoms with Gasteiger partial charge in [-0.05, 0) is 16.7 Å². The molecule has 0 spiro atoms. The van der Waals surface area contributed by atoms with Crippen LogP contribution in [-0.2, 0) is 38.8 Å². The summed E-state index contributed by atoms with van der Waals surface area (Å²) >= 11 is 0. The summed E-state index contributed by atoms with van der Waals surface area (Å²) < 4.78 is 32.7. The number of likely N-dealkylation sites (tertiary alicyclic amines) is 1. The van der Waals surface area contributed by atoms with E-state index in [9.17, 15) is 9.59 Å². The summed E-state index contributed by atoms with van der Waals surface area (Å²) in [5, 5.41) is 0. The predicted octanol–water partition coefficient (Wildman–Crippen LogP) is 4.72. The summed E-state index contributed by atoms with van der Waals surface area (Å²) in [7, 11) is 0. The molecule has 0 aliphatic carbocycles. The molecule has 0 unspecified atom stereocenters. The number of hydrogen-bond donors (Lipinski definition) is 0. The van der Waals surface area contributed by atoms with E-state index in [0.717, 1.165) is 21.6 Å². The van der Waals surface area contributed by atoms with Gasteiger partial charge in [0.05, 0.1) is 25.9 Å². The molecule has 1 heterocycles. The molecular weight excluding hydrogens is 449 g/mol. The second-order valence-electron chi connectivity index (χ2n) is 8.35. The van der Waals surface area contributed by atoms with Crippen molar-refractivity contribution in [2.45, 2.75) is 44.2 Å². The highest BCUT2D eigenvalue weighted by Gasteiger charge is 2.53. The quantitative estimate of drug-likeness (QED) is 0.396. The van der Waals surface area contributed by atoms with Crippen LogP contribution < -0.4 is 0 Å². The highest BCUT2D eigenvalue weighted by atomic mass is 19.1. The molecule has 4 atom stereocenters. The lowest BCUT2D eigenvalue weighted by molar-refractivity contribution is -0.116. The van der Waals surface area contributed by atoms with Crippen LogP contribution in [-0.4, -0.2) is 48.2 Å². The van der Waals surface area contributed by atoms with Gasteiger partial charge in [-0.15, -0.1) is 0 Å². The molecule has 1 aliphatic rings. The smallest absolute Gasteiger partial charge is 0.411 e. The Labute approximate surface area is 204 Å².